The Labute approximate surface area is 138 Å². The third-order valence-corrected chi connectivity index (χ3v) is 4.81. The highest BCUT2D eigenvalue weighted by Crippen LogP contribution is 2.15. The minimum absolute atomic E-state index is 0.00300. The van der Waals surface area contributed by atoms with E-state index < -0.39 is 0 Å². The molecule has 2 aliphatic rings. The molecule has 2 rings (SSSR count). The maximum atomic E-state index is 12.0. The van der Waals surface area contributed by atoms with Gasteiger partial charge in [-0.2, -0.15) is 0 Å². The van der Waals surface area contributed by atoms with Crippen molar-refractivity contribution < 1.29 is 14.3 Å². The van der Waals surface area contributed by atoms with Crippen LogP contribution in [0.25, 0.3) is 0 Å². The number of rotatable bonds is 4. The summed E-state index contributed by atoms with van der Waals surface area (Å²) in [5, 5.41) is 5.89. The van der Waals surface area contributed by atoms with E-state index in [1.807, 2.05) is 0 Å². The van der Waals surface area contributed by atoms with Gasteiger partial charge in [0.15, 0.2) is 0 Å². The fraction of sp³-hybridized carbons (Fsp3) is 0.875. The molecule has 0 aliphatic carbocycles. The monoisotopic (exact) mass is 326 g/mol. The first-order valence-electron chi connectivity index (χ1n) is 8.71. The molecule has 3 amide bonds. The number of hydrogen-bond acceptors (Lipinski definition) is 4. The number of ether oxygens (including phenoxy) is 1. The van der Waals surface area contributed by atoms with E-state index in [-0.39, 0.29) is 18.2 Å². The highest BCUT2D eigenvalue weighted by atomic mass is 16.5. The normalized spacial score (nSPS) is 25.7. The third kappa shape index (κ3) is 5.57. The summed E-state index contributed by atoms with van der Waals surface area (Å²) in [7, 11) is 1.38. The highest BCUT2D eigenvalue weighted by molar-refractivity contribution is 5.74. The highest BCUT2D eigenvalue weighted by Gasteiger charge is 2.25. The van der Waals surface area contributed by atoms with Crippen LogP contribution >= 0.6 is 0 Å². The maximum Gasteiger partial charge on any atom is 0.409 e. The Hall–Kier alpha value is -1.50. The molecular formula is C16H30N4O3. The van der Waals surface area contributed by atoms with Gasteiger partial charge in [0, 0.05) is 38.3 Å². The lowest BCUT2D eigenvalue weighted by atomic mass is 10.0. The number of likely N-dealkylation sites (tertiary alicyclic amines) is 2. The first-order valence-corrected chi connectivity index (χ1v) is 8.71. The number of nitrogens with one attached hydrogen (secondary N) is 2. The molecule has 2 N–H and O–H groups in total. The van der Waals surface area contributed by atoms with Crippen molar-refractivity contribution >= 4 is 12.1 Å². The zero-order valence-corrected chi connectivity index (χ0v) is 14.3. The number of methoxy groups -OCH3 is 1. The molecule has 7 nitrogen and oxygen atoms in total. The quantitative estimate of drug-likeness (QED) is 0.819. The Morgan fingerprint density at radius 1 is 1.17 bits per heavy atom. The van der Waals surface area contributed by atoms with Crippen molar-refractivity contribution in [1.29, 1.82) is 0 Å². The van der Waals surface area contributed by atoms with Crippen molar-refractivity contribution in [3.05, 3.63) is 0 Å². The SMILES string of the molecule is COC(=O)N1CCC[C@@H](NC(=O)NCCN2CCCC[C@H]2C)C1. The smallest absolute Gasteiger partial charge is 0.409 e. The Balaban J connectivity index is 1.65. The van der Waals surface area contributed by atoms with Crippen LogP contribution in [0, 0.1) is 0 Å². The molecule has 0 bridgehead atoms. The molecule has 0 aromatic rings. The fourth-order valence-corrected chi connectivity index (χ4v) is 3.43. The summed E-state index contributed by atoms with van der Waals surface area (Å²) >= 11 is 0. The van der Waals surface area contributed by atoms with Crippen molar-refractivity contribution in [3.8, 4) is 0 Å². The van der Waals surface area contributed by atoms with Gasteiger partial charge in [0.05, 0.1) is 7.11 Å². The second-order valence-electron chi connectivity index (χ2n) is 6.54. The van der Waals surface area contributed by atoms with E-state index in [4.69, 9.17) is 4.74 Å². The van der Waals surface area contributed by atoms with Crippen LogP contribution in [0.15, 0.2) is 0 Å². The van der Waals surface area contributed by atoms with Crippen LogP contribution in [0.3, 0.4) is 0 Å². The van der Waals surface area contributed by atoms with E-state index in [2.05, 4.69) is 22.5 Å². The molecule has 23 heavy (non-hydrogen) atoms. The second-order valence-corrected chi connectivity index (χ2v) is 6.54. The minimum atomic E-state index is -0.323. The summed E-state index contributed by atoms with van der Waals surface area (Å²) in [5.41, 5.74) is 0. The van der Waals surface area contributed by atoms with Gasteiger partial charge in [0.2, 0.25) is 0 Å². The lowest BCUT2D eigenvalue weighted by Gasteiger charge is -2.33. The van der Waals surface area contributed by atoms with Crippen LogP contribution in [0.1, 0.15) is 39.0 Å². The first kappa shape index (κ1) is 17.8. The summed E-state index contributed by atoms with van der Waals surface area (Å²) in [5.74, 6) is 0. The average Bonchev–Trinajstić information content (AvgIpc) is 2.56. The van der Waals surface area contributed by atoms with Crippen molar-refractivity contribution in [2.75, 3.05) is 39.8 Å². The van der Waals surface area contributed by atoms with Crippen molar-refractivity contribution in [2.24, 2.45) is 0 Å². The van der Waals surface area contributed by atoms with Crippen LogP contribution in [0.5, 0.6) is 0 Å². The van der Waals surface area contributed by atoms with Gasteiger partial charge >= 0.3 is 12.1 Å². The molecule has 0 unspecified atom stereocenters. The van der Waals surface area contributed by atoms with Crippen LogP contribution in [-0.4, -0.2) is 73.8 Å². The van der Waals surface area contributed by atoms with Gasteiger partial charge in [0.25, 0.3) is 0 Å². The van der Waals surface area contributed by atoms with Crippen LogP contribution in [0.2, 0.25) is 0 Å². The number of nitrogens with zero attached hydrogens (tertiary/aromatic N) is 2. The lowest BCUT2D eigenvalue weighted by molar-refractivity contribution is 0.108. The van der Waals surface area contributed by atoms with Gasteiger partial charge in [0.1, 0.15) is 0 Å². The summed E-state index contributed by atoms with van der Waals surface area (Å²) in [6.45, 7) is 6.14. The number of urea groups is 1. The molecule has 2 saturated heterocycles. The standard InChI is InChI=1S/C16H30N4O3/c1-13-6-3-4-9-19(13)11-8-17-15(21)18-14-7-5-10-20(12-14)16(22)23-2/h13-14H,3-12H2,1-2H3,(H2,17,18,21)/t13-,14-/m1/s1. The Morgan fingerprint density at radius 2 is 2.00 bits per heavy atom. The second kappa shape index (κ2) is 8.96. The van der Waals surface area contributed by atoms with Gasteiger partial charge in [-0.1, -0.05) is 6.42 Å². The van der Waals surface area contributed by atoms with Gasteiger partial charge in [-0.05, 0) is 39.2 Å². The summed E-state index contributed by atoms with van der Waals surface area (Å²) < 4.78 is 4.74. The van der Waals surface area contributed by atoms with Crippen molar-refractivity contribution in [2.45, 2.75) is 51.1 Å². The molecule has 7 heteroatoms. The van der Waals surface area contributed by atoms with Crippen molar-refractivity contribution in [3.63, 3.8) is 0 Å². The third-order valence-electron chi connectivity index (χ3n) is 4.81. The van der Waals surface area contributed by atoms with E-state index in [0.717, 1.165) is 25.9 Å². The molecule has 0 spiro atoms. The molecule has 0 saturated carbocycles. The summed E-state index contributed by atoms with van der Waals surface area (Å²) in [4.78, 5) is 27.6. The number of carbonyl (C=O) groups excluding carboxylic acids is 2. The van der Waals surface area contributed by atoms with Crippen LogP contribution in [0.4, 0.5) is 9.59 Å². The summed E-state index contributed by atoms with van der Waals surface area (Å²) in [6.07, 6.45) is 5.26. The zero-order valence-electron chi connectivity index (χ0n) is 14.3. The number of amides is 3. The van der Waals surface area contributed by atoms with Gasteiger partial charge in [-0.25, -0.2) is 9.59 Å². The van der Waals surface area contributed by atoms with Gasteiger partial charge in [-0.15, -0.1) is 0 Å². The molecule has 2 atom stereocenters. The Bertz CT molecular complexity index is 405. The molecule has 2 fully saturated rings. The number of carbonyl (C=O) groups is 2. The zero-order chi connectivity index (χ0) is 16.7. The van der Waals surface area contributed by atoms with Crippen LogP contribution in [-0.2, 0) is 4.74 Å². The Morgan fingerprint density at radius 3 is 2.74 bits per heavy atom. The van der Waals surface area contributed by atoms with E-state index in [1.165, 1.54) is 26.4 Å². The summed E-state index contributed by atoms with van der Waals surface area (Å²) in [6, 6.07) is 0.462. The lowest BCUT2D eigenvalue weighted by Crippen LogP contribution is -2.52. The minimum Gasteiger partial charge on any atom is -0.453 e. The molecular weight excluding hydrogens is 296 g/mol. The van der Waals surface area contributed by atoms with Gasteiger partial charge in [-0.3, -0.25) is 4.90 Å². The van der Waals surface area contributed by atoms with E-state index >= 15 is 0 Å². The molecule has 0 aromatic carbocycles. The molecule has 0 aromatic heterocycles. The molecule has 2 aliphatic heterocycles. The Kier molecular flexibility index (Phi) is 6.95. The first-order chi connectivity index (χ1) is 11.1. The average molecular weight is 326 g/mol. The van der Waals surface area contributed by atoms with Crippen LogP contribution < -0.4 is 10.6 Å². The fourth-order valence-electron chi connectivity index (χ4n) is 3.43. The number of hydrogen-bond donors (Lipinski definition) is 2. The topological polar surface area (TPSA) is 73.9 Å². The van der Waals surface area contributed by atoms with Gasteiger partial charge < -0.3 is 20.3 Å². The largest absolute Gasteiger partial charge is 0.453 e. The van der Waals surface area contributed by atoms with E-state index in [1.54, 1.807) is 4.90 Å². The maximum absolute atomic E-state index is 12.0. The predicted octanol–water partition coefficient (Wildman–Crippen LogP) is 1.39. The molecule has 0 radical (unpaired) electrons. The van der Waals surface area contributed by atoms with E-state index in [0.29, 0.717) is 25.7 Å². The molecule has 132 valence electrons. The molecule has 2 heterocycles. The number of piperidine rings is 2. The predicted molar refractivity (Wildman–Crippen MR) is 88.4 cm³/mol. The van der Waals surface area contributed by atoms with Crippen molar-refractivity contribution in [1.82, 2.24) is 20.4 Å². The van der Waals surface area contributed by atoms with E-state index in [9.17, 15) is 9.59 Å².